The molecule has 0 aromatic rings. The van der Waals surface area contributed by atoms with Crippen molar-refractivity contribution in [2.75, 3.05) is 13.2 Å². The van der Waals surface area contributed by atoms with Crippen LogP contribution in [-0.4, -0.2) is 24.5 Å². The van der Waals surface area contributed by atoms with Crippen LogP contribution in [0.15, 0.2) is 24.1 Å². The molecule has 66 valence electrons. The van der Waals surface area contributed by atoms with E-state index in [4.69, 9.17) is 4.74 Å². The molecule has 0 amide bonds. The molecule has 0 saturated carbocycles. The molecule has 0 saturated heterocycles. The summed E-state index contributed by atoms with van der Waals surface area (Å²) in [5.74, 6) is -0.367. The summed E-state index contributed by atoms with van der Waals surface area (Å²) in [6.45, 7) is 4.37. The van der Waals surface area contributed by atoms with E-state index in [0.29, 0.717) is 18.5 Å². The highest BCUT2D eigenvalue weighted by Gasteiger charge is 2.08. The third-order valence-electron chi connectivity index (χ3n) is 1.34. The van der Waals surface area contributed by atoms with E-state index in [2.05, 4.69) is 18.0 Å². The van der Waals surface area contributed by atoms with Gasteiger partial charge in [-0.05, 0) is 5.41 Å². The van der Waals surface area contributed by atoms with Crippen LogP contribution in [0.25, 0.3) is 0 Å². The summed E-state index contributed by atoms with van der Waals surface area (Å²) in [6, 6.07) is 0. The lowest BCUT2D eigenvalue weighted by molar-refractivity contribution is -0.137. The van der Waals surface area contributed by atoms with Crippen molar-refractivity contribution in [2.45, 2.75) is 5.37 Å². The number of hydrogen-bond donors (Lipinski definition) is 1. The van der Waals surface area contributed by atoms with E-state index in [9.17, 15) is 4.79 Å². The van der Waals surface area contributed by atoms with Crippen LogP contribution in [0.3, 0.4) is 0 Å². The first kappa shape index (κ1) is 9.35. The van der Waals surface area contributed by atoms with Crippen LogP contribution >= 0.6 is 11.8 Å². The van der Waals surface area contributed by atoms with Crippen LogP contribution in [0.5, 0.6) is 0 Å². The number of esters is 1. The maximum atomic E-state index is 10.6. The van der Waals surface area contributed by atoms with Gasteiger partial charge in [0.05, 0.1) is 5.37 Å². The third kappa shape index (κ3) is 3.11. The molecule has 0 aromatic heterocycles. The van der Waals surface area contributed by atoms with Gasteiger partial charge in [0.2, 0.25) is 0 Å². The van der Waals surface area contributed by atoms with E-state index in [1.165, 1.54) is 0 Å². The molecule has 1 atom stereocenters. The zero-order valence-corrected chi connectivity index (χ0v) is 7.47. The van der Waals surface area contributed by atoms with Crippen molar-refractivity contribution in [1.29, 1.82) is 0 Å². The molecule has 1 heterocycles. The second kappa shape index (κ2) is 5.00. The molecule has 1 aliphatic heterocycles. The molecule has 0 aliphatic carbocycles. The molecule has 0 spiro atoms. The summed E-state index contributed by atoms with van der Waals surface area (Å²) in [5, 5.41) is 5.58. The molecule has 0 aromatic carbocycles. The Balaban J connectivity index is 1.92. The van der Waals surface area contributed by atoms with Crippen molar-refractivity contribution in [2.24, 2.45) is 0 Å². The maximum absolute atomic E-state index is 10.6. The summed E-state index contributed by atoms with van der Waals surface area (Å²) < 4.78 is 4.76. The van der Waals surface area contributed by atoms with Crippen LogP contribution < -0.4 is 5.32 Å². The quantitative estimate of drug-likeness (QED) is 0.392. The van der Waals surface area contributed by atoms with Crippen LogP contribution in [-0.2, 0) is 9.53 Å². The van der Waals surface area contributed by atoms with Crippen molar-refractivity contribution in [3.05, 3.63) is 24.1 Å². The van der Waals surface area contributed by atoms with Crippen molar-refractivity contribution >= 4 is 17.7 Å². The highest BCUT2D eigenvalue weighted by atomic mass is 32.2. The molecule has 4 heteroatoms. The summed E-state index contributed by atoms with van der Waals surface area (Å²) in [4.78, 5) is 10.6. The SMILES string of the molecule is C=CC(=O)OCCNC1C=CS1. The number of hydrogen-bond acceptors (Lipinski definition) is 4. The zero-order chi connectivity index (χ0) is 8.81. The van der Waals surface area contributed by atoms with Gasteiger partial charge >= 0.3 is 5.97 Å². The summed E-state index contributed by atoms with van der Waals surface area (Å²) in [7, 11) is 0. The average molecular weight is 185 g/mol. The molecular weight excluding hydrogens is 174 g/mol. The van der Waals surface area contributed by atoms with Gasteiger partial charge in [-0.1, -0.05) is 12.7 Å². The monoisotopic (exact) mass is 185 g/mol. The minimum atomic E-state index is -0.367. The minimum Gasteiger partial charge on any atom is -0.461 e. The Hall–Kier alpha value is -0.740. The lowest BCUT2D eigenvalue weighted by atomic mass is 10.5. The average Bonchev–Trinajstić information content (AvgIpc) is 2.00. The molecule has 1 aliphatic rings. The van der Waals surface area contributed by atoms with Gasteiger partial charge in [-0.25, -0.2) is 4.79 Å². The van der Waals surface area contributed by atoms with E-state index >= 15 is 0 Å². The Labute approximate surface area is 75.9 Å². The van der Waals surface area contributed by atoms with Crippen LogP contribution in [0, 0.1) is 0 Å². The molecule has 1 unspecified atom stereocenters. The second-order valence-electron chi connectivity index (χ2n) is 2.21. The number of ether oxygens (including phenoxy) is 1. The standard InChI is InChI=1S/C8H11NO2S/c1-2-8(10)11-5-4-9-7-3-6-12-7/h2-3,6-7,9H,1,4-5H2. The minimum absolute atomic E-state index is 0.367. The molecule has 1 rings (SSSR count). The summed E-state index contributed by atoms with van der Waals surface area (Å²) in [5.41, 5.74) is 0. The first-order valence-electron chi connectivity index (χ1n) is 3.67. The Kier molecular flexibility index (Phi) is 3.90. The van der Waals surface area contributed by atoms with Crippen LogP contribution in [0.2, 0.25) is 0 Å². The Morgan fingerprint density at radius 3 is 3.08 bits per heavy atom. The number of carbonyl (C=O) groups excluding carboxylic acids is 1. The van der Waals surface area contributed by atoms with Gasteiger partial charge in [0.15, 0.2) is 0 Å². The molecule has 0 fully saturated rings. The van der Waals surface area contributed by atoms with Gasteiger partial charge in [0.1, 0.15) is 6.61 Å². The number of nitrogens with one attached hydrogen (secondary N) is 1. The predicted molar refractivity (Wildman–Crippen MR) is 49.7 cm³/mol. The third-order valence-corrected chi connectivity index (χ3v) is 2.27. The van der Waals surface area contributed by atoms with Gasteiger partial charge in [0.25, 0.3) is 0 Å². The van der Waals surface area contributed by atoms with Gasteiger partial charge in [-0.3, -0.25) is 5.32 Å². The van der Waals surface area contributed by atoms with Crippen molar-refractivity contribution in [3.63, 3.8) is 0 Å². The number of thioether (sulfide) groups is 1. The highest BCUT2D eigenvalue weighted by molar-refractivity contribution is 8.04. The normalized spacial score (nSPS) is 19.8. The Bertz CT molecular complexity index is 203. The van der Waals surface area contributed by atoms with Crippen LogP contribution in [0.4, 0.5) is 0 Å². The molecule has 0 radical (unpaired) electrons. The fraction of sp³-hybridized carbons (Fsp3) is 0.375. The molecule has 3 nitrogen and oxygen atoms in total. The second-order valence-corrected chi connectivity index (χ2v) is 3.26. The maximum Gasteiger partial charge on any atom is 0.330 e. The van der Waals surface area contributed by atoms with E-state index in [-0.39, 0.29) is 5.97 Å². The molecule has 1 N–H and O–H groups in total. The lowest BCUT2D eigenvalue weighted by Gasteiger charge is -2.17. The van der Waals surface area contributed by atoms with Crippen molar-refractivity contribution in [3.8, 4) is 0 Å². The van der Waals surface area contributed by atoms with Gasteiger partial charge < -0.3 is 4.74 Å². The van der Waals surface area contributed by atoms with Crippen molar-refractivity contribution < 1.29 is 9.53 Å². The fourth-order valence-electron chi connectivity index (χ4n) is 0.685. The number of carbonyl (C=O) groups is 1. The van der Waals surface area contributed by atoms with Gasteiger partial charge in [-0.15, -0.1) is 11.8 Å². The molecular formula is C8H11NO2S. The van der Waals surface area contributed by atoms with Gasteiger partial charge in [-0.2, -0.15) is 0 Å². The fourth-order valence-corrected chi connectivity index (χ4v) is 1.21. The predicted octanol–water partition coefficient (Wildman–Crippen LogP) is 0.892. The van der Waals surface area contributed by atoms with E-state index < -0.39 is 0 Å². The topological polar surface area (TPSA) is 38.3 Å². The van der Waals surface area contributed by atoms with E-state index in [0.717, 1.165) is 6.08 Å². The largest absolute Gasteiger partial charge is 0.461 e. The Morgan fingerprint density at radius 2 is 2.58 bits per heavy atom. The van der Waals surface area contributed by atoms with E-state index in [1.54, 1.807) is 11.8 Å². The highest BCUT2D eigenvalue weighted by Crippen LogP contribution is 2.20. The van der Waals surface area contributed by atoms with E-state index in [1.807, 2.05) is 5.41 Å². The molecule has 0 bridgehead atoms. The first-order valence-corrected chi connectivity index (χ1v) is 4.62. The lowest BCUT2D eigenvalue weighted by Crippen LogP contribution is -2.30. The van der Waals surface area contributed by atoms with Crippen molar-refractivity contribution in [1.82, 2.24) is 5.32 Å². The number of rotatable bonds is 5. The smallest absolute Gasteiger partial charge is 0.330 e. The van der Waals surface area contributed by atoms with Crippen LogP contribution in [0.1, 0.15) is 0 Å². The Morgan fingerprint density at radius 1 is 1.83 bits per heavy atom. The summed E-state index contributed by atoms with van der Waals surface area (Å²) >= 11 is 1.72. The zero-order valence-electron chi connectivity index (χ0n) is 6.66. The summed E-state index contributed by atoms with van der Waals surface area (Å²) in [6.07, 6.45) is 3.22. The molecule has 12 heavy (non-hydrogen) atoms. The first-order chi connectivity index (χ1) is 5.83. The van der Waals surface area contributed by atoms with Gasteiger partial charge in [0, 0.05) is 12.6 Å².